The summed E-state index contributed by atoms with van der Waals surface area (Å²) in [6.07, 6.45) is 2.34. The Labute approximate surface area is 156 Å². The predicted molar refractivity (Wildman–Crippen MR) is 105 cm³/mol. The molecule has 0 aliphatic heterocycles. The quantitative estimate of drug-likeness (QED) is 0.597. The molecule has 1 unspecified atom stereocenters. The molecule has 6 heteroatoms. The number of H-pyrrole nitrogens is 1. The number of thiophene rings is 1. The van der Waals surface area contributed by atoms with Gasteiger partial charge in [0.05, 0.1) is 4.88 Å². The van der Waals surface area contributed by atoms with Gasteiger partial charge in [0, 0.05) is 30.1 Å². The number of rotatable bonds is 7. The van der Waals surface area contributed by atoms with Crippen molar-refractivity contribution in [2.75, 3.05) is 6.54 Å². The molecule has 0 spiro atoms. The minimum atomic E-state index is -0.623. The summed E-state index contributed by atoms with van der Waals surface area (Å²) in [4.78, 5) is 29.0. The second-order valence-corrected chi connectivity index (χ2v) is 7.65. The first-order chi connectivity index (χ1) is 12.5. The van der Waals surface area contributed by atoms with Gasteiger partial charge in [-0.05, 0) is 29.0 Å². The van der Waals surface area contributed by atoms with Crippen molar-refractivity contribution in [3.05, 3.63) is 58.4 Å². The lowest BCUT2D eigenvalue weighted by molar-refractivity contribution is -0.123. The van der Waals surface area contributed by atoms with Crippen LogP contribution in [0.2, 0.25) is 0 Å². The van der Waals surface area contributed by atoms with Gasteiger partial charge >= 0.3 is 0 Å². The van der Waals surface area contributed by atoms with Crippen molar-refractivity contribution >= 4 is 34.1 Å². The van der Waals surface area contributed by atoms with Crippen LogP contribution in [0.15, 0.2) is 48.0 Å². The van der Waals surface area contributed by atoms with Crippen molar-refractivity contribution in [1.82, 2.24) is 15.6 Å². The van der Waals surface area contributed by atoms with Gasteiger partial charge in [-0.2, -0.15) is 0 Å². The standard InChI is InChI=1S/C20H23N3O2S/c1-13(2)11-22-19(24)17(23-20(25)18-8-5-9-26-18)10-14-12-21-16-7-4-3-6-15(14)16/h3-9,12-13,17,21H,10-11H2,1-2H3,(H,22,24)(H,23,25). The summed E-state index contributed by atoms with van der Waals surface area (Å²) in [7, 11) is 0. The SMILES string of the molecule is CC(C)CNC(=O)C(Cc1c[nH]c2ccccc12)NC(=O)c1cccs1. The lowest BCUT2D eigenvalue weighted by Crippen LogP contribution is -2.48. The molecule has 3 rings (SSSR count). The summed E-state index contributed by atoms with van der Waals surface area (Å²) in [6.45, 7) is 4.66. The van der Waals surface area contributed by atoms with E-state index in [4.69, 9.17) is 0 Å². The highest BCUT2D eigenvalue weighted by molar-refractivity contribution is 7.12. The first kappa shape index (κ1) is 18.2. The molecule has 1 aromatic carbocycles. The number of para-hydroxylation sites is 1. The highest BCUT2D eigenvalue weighted by Gasteiger charge is 2.23. The fourth-order valence-corrected chi connectivity index (χ4v) is 3.42. The second kappa shape index (κ2) is 8.19. The number of carbonyl (C=O) groups is 2. The molecule has 0 aliphatic carbocycles. The maximum Gasteiger partial charge on any atom is 0.262 e. The van der Waals surface area contributed by atoms with Gasteiger partial charge in [-0.25, -0.2) is 0 Å². The van der Waals surface area contributed by atoms with E-state index < -0.39 is 6.04 Å². The largest absolute Gasteiger partial charge is 0.361 e. The molecule has 0 fully saturated rings. The summed E-state index contributed by atoms with van der Waals surface area (Å²) in [5.41, 5.74) is 2.03. The summed E-state index contributed by atoms with van der Waals surface area (Å²) in [5.74, 6) is -0.0286. The first-order valence-corrected chi connectivity index (χ1v) is 9.59. The summed E-state index contributed by atoms with van der Waals surface area (Å²) in [6, 6.07) is 10.9. The molecule has 3 aromatic rings. The summed E-state index contributed by atoms with van der Waals surface area (Å²) < 4.78 is 0. The third-order valence-electron chi connectivity index (χ3n) is 4.15. The molecular formula is C20H23N3O2S. The number of fused-ring (bicyclic) bond motifs is 1. The third kappa shape index (κ3) is 4.32. The molecule has 0 aliphatic rings. The van der Waals surface area contributed by atoms with Gasteiger partial charge in [0.2, 0.25) is 5.91 Å². The van der Waals surface area contributed by atoms with Gasteiger partial charge in [-0.3, -0.25) is 9.59 Å². The van der Waals surface area contributed by atoms with E-state index in [2.05, 4.69) is 15.6 Å². The number of carbonyl (C=O) groups excluding carboxylic acids is 2. The van der Waals surface area contributed by atoms with Gasteiger partial charge in [-0.15, -0.1) is 11.3 Å². The summed E-state index contributed by atoms with van der Waals surface area (Å²) in [5, 5.41) is 8.74. The number of nitrogens with one attached hydrogen (secondary N) is 3. The average Bonchev–Trinajstić information content (AvgIpc) is 3.29. The van der Waals surface area contributed by atoms with Crippen LogP contribution in [-0.4, -0.2) is 29.4 Å². The van der Waals surface area contributed by atoms with Gasteiger partial charge < -0.3 is 15.6 Å². The van der Waals surface area contributed by atoms with Crippen LogP contribution in [0.3, 0.4) is 0 Å². The topological polar surface area (TPSA) is 74.0 Å². The van der Waals surface area contributed by atoms with Crippen LogP contribution < -0.4 is 10.6 Å². The molecule has 0 bridgehead atoms. The maximum atomic E-state index is 12.7. The van der Waals surface area contributed by atoms with E-state index in [0.717, 1.165) is 16.5 Å². The van der Waals surface area contributed by atoms with E-state index >= 15 is 0 Å². The second-order valence-electron chi connectivity index (χ2n) is 6.71. The lowest BCUT2D eigenvalue weighted by Gasteiger charge is -2.19. The lowest BCUT2D eigenvalue weighted by atomic mass is 10.0. The smallest absolute Gasteiger partial charge is 0.262 e. The molecule has 5 nitrogen and oxygen atoms in total. The molecular weight excluding hydrogens is 346 g/mol. The van der Waals surface area contributed by atoms with Crippen molar-refractivity contribution in [2.24, 2.45) is 5.92 Å². The molecule has 3 N–H and O–H groups in total. The van der Waals surface area contributed by atoms with Crippen LogP contribution in [0.25, 0.3) is 10.9 Å². The Hall–Kier alpha value is -2.60. The average molecular weight is 369 g/mol. The maximum absolute atomic E-state index is 12.7. The Morgan fingerprint density at radius 1 is 1.15 bits per heavy atom. The van der Waals surface area contributed by atoms with Crippen LogP contribution in [0.5, 0.6) is 0 Å². The van der Waals surface area contributed by atoms with Gasteiger partial charge in [-0.1, -0.05) is 38.1 Å². The van der Waals surface area contributed by atoms with E-state index in [1.807, 2.05) is 55.8 Å². The van der Waals surface area contributed by atoms with Crippen LogP contribution >= 0.6 is 11.3 Å². The molecule has 0 saturated carbocycles. The van der Waals surface area contributed by atoms with Crippen molar-refractivity contribution in [3.63, 3.8) is 0 Å². The zero-order chi connectivity index (χ0) is 18.5. The Morgan fingerprint density at radius 3 is 2.69 bits per heavy atom. The molecule has 2 aromatic heterocycles. The number of aromatic amines is 1. The first-order valence-electron chi connectivity index (χ1n) is 8.71. The molecule has 1 atom stereocenters. The Balaban J connectivity index is 1.79. The predicted octanol–water partition coefficient (Wildman–Crippen LogP) is 3.34. The van der Waals surface area contributed by atoms with Crippen molar-refractivity contribution in [1.29, 1.82) is 0 Å². The van der Waals surface area contributed by atoms with Crippen LogP contribution in [0, 0.1) is 5.92 Å². The fraction of sp³-hybridized carbons (Fsp3) is 0.300. The Morgan fingerprint density at radius 2 is 1.96 bits per heavy atom. The highest BCUT2D eigenvalue weighted by Crippen LogP contribution is 2.19. The summed E-state index contributed by atoms with van der Waals surface area (Å²) >= 11 is 1.36. The zero-order valence-electron chi connectivity index (χ0n) is 14.9. The number of hydrogen-bond donors (Lipinski definition) is 3. The van der Waals surface area contributed by atoms with Crippen molar-refractivity contribution < 1.29 is 9.59 Å². The van der Waals surface area contributed by atoms with Gasteiger partial charge in [0.25, 0.3) is 5.91 Å². The van der Waals surface area contributed by atoms with E-state index in [-0.39, 0.29) is 11.8 Å². The molecule has 0 radical (unpaired) electrons. The molecule has 2 heterocycles. The molecule has 2 amide bonds. The Kier molecular flexibility index (Phi) is 5.73. The molecule has 0 saturated heterocycles. The van der Waals surface area contributed by atoms with E-state index in [1.54, 1.807) is 6.07 Å². The fourth-order valence-electron chi connectivity index (χ4n) is 2.79. The monoisotopic (exact) mass is 369 g/mol. The number of hydrogen-bond acceptors (Lipinski definition) is 3. The van der Waals surface area contributed by atoms with E-state index in [0.29, 0.717) is 23.8 Å². The van der Waals surface area contributed by atoms with Crippen LogP contribution in [0.1, 0.15) is 29.1 Å². The number of aromatic nitrogens is 1. The van der Waals surface area contributed by atoms with Crippen LogP contribution in [-0.2, 0) is 11.2 Å². The van der Waals surface area contributed by atoms with E-state index in [1.165, 1.54) is 11.3 Å². The van der Waals surface area contributed by atoms with Gasteiger partial charge in [0.1, 0.15) is 6.04 Å². The number of benzene rings is 1. The Bertz CT molecular complexity index is 883. The minimum absolute atomic E-state index is 0.158. The third-order valence-corrected chi connectivity index (χ3v) is 5.02. The molecule has 136 valence electrons. The van der Waals surface area contributed by atoms with Crippen molar-refractivity contribution in [3.8, 4) is 0 Å². The number of amides is 2. The van der Waals surface area contributed by atoms with Crippen molar-refractivity contribution in [2.45, 2.75) is 26.3 Å². The van der Waals surface area contributed by atoms with Crippen LogP contribution in [0.4, 0.5) is 0 Å². The van der Waals surface area contributed by atoms with E-state index in [9.17, 15) is 9.59 Å². The normalized spacial score (nSPS) is 12.3. The highest BCUT2D eigenvalue weighted by atomic mass is 32.1. The zero-order valence-corrected chi connectivity index (χ0v) is 15.7. The minimum Gasteiger partial charge on any atom is -0.361 e. The molecule has 26 heavy (non-hydrogen) atoms. The van der Waals surface area contributed by atoms with Gasteiger partial charge in [0.15, 0.2) is 0 Å².